The van der Waals surface area contributed by atoms with Gasteiger partial charge in [-0.15, -0.1) is 0 Å². The van der Waals surface area contributed by atoms with Crippen LogP contribution in [-0.2, 0) is 6.54 Å². The summed E-state index contributed by atoms with van der Waals surface area (Å²) in [4.78, 5) is 13.9. The van der Waals surface area contributed by atoms with Crippen LogP contribution >= 0.6 is 11.6 Å². The maximum absolute atomic E-state index is 10.0. The lowest BCUT2D eigenvalue weighted by molar-refractivity contribution is -0.485. The van der Waals surface area contributed by atoms with E-state index >= 15 is 0 Å². The number of rotatable bonds is 3. The molecule has 0 saturated heterocycles. The van der Waals surface area contributed by atoms with Crippen molar-refractivity contribution in [3.8, 4) is 0 Å². The molecular weight excluding hydrogens is 236 g/mol. The minimum absolute atomic E-state index is 0.146. The molecule has 4 N–H and O–H groups in total. The van der Waals surface area contributed by atoms with Crippen molar-refractivity contribution in [3.63, 3.8) is 0 Å². The van der Waals surface area contributed by atoms with E-state index in [0.29, 0.717) is 10.7 Å². The lowest BCUT2D eigenvalue weighted by atomic mass is 10.3. The van der Waals surface area contributed by atoms with Crippen molar-refractivity contribution in [1.82, 2.24) is 9.99 Å². The molecule has 0 fully saturated rings. The van der Waals surface area contributed by atoms with E-state index in [9.17, 15) is 10.1 Å². The summed E-state index contributed by atoms with van der Waals surface area (Å²) in [7, 11) is 0. The van der Waals surface area contributed by atoms with Gasteiger partial charge in [-0.05, 0) is 11.6 Å². The first-order chi connectivity index (χ1) is 7.49. The molecule has 0 radical (unpaired) electrons. The van der Waals surface area contributed by atoms with Crippen molar-refractivity contribution in [1.29, 1.82) is 0 Å². The molecule has 86 valence electrons. The average Bonchev–Trinajstić information content (AvgIpc) is 2.20. The Hall–Kier alpha value is -1.93. The van der Waals surface area contributed by atoms with E-state index in [4.69, 9.17) is 23.2 Å². The molecule has 0 aromatic carbocycles. The highest BCUT2D eigenvalue weighted by Crippen LogP contribution is 2.06. The number of aromatic nitrogens is 1. The SMILES string of the molecule is N/C(=N\[N+](=O)[O-])N(N)Cc1ccc(Cl)nc1. The van der Waals surface area contributed by atoms with Gasteiger partial charge in [-0.1, -0.05) is 17.7 Å². The predicted molar refractivity (Wildman–Crippen MR) is 57.6 cm³/mol. The number of nitro groups is 1. The van der Waals surface area contributed by atoms with Gasteiger partial charge in [-0.3, -0.25) is 5.01 Å². The van der Waals surface area contributed by atoms with Crippen LogP contribution in [-0.4, -0.2) is 21.0 Å². The molecule has 8 nitrogen and oxygen atoms in total. The van der Waals surface area contributed by atoms with Crippen molar-refractivity contribution in [2.75, 3.05) is 0 Å². The average molecular weight is 245 g/mol. The molecule has 0 saturated carbocycles. The third-order valence-corrected chi connectivity index (χ3v) is 1.84. The standard InChI is InChI=1S/C7H9ClN6O2/c8-6-2-1-5(3-11-6)4-13(10)7(9)12-14(15)16/h1-3H,4,10H2,(H2,9,12). The van der Waals surface area contributed by atoms with Gasteiger partial charge in [0.2, 0.25) is 0 Å². The highest BCUT2D eigenvalue weighted by Gasteiger charge is 2.08. The van der Waals surface area contributed by atoms with E-state index < -0.39 is 5.03 Å². The second kappa shape index (κ2) is 5.24. The van der Waals surface area contributed by atoms with Gasteiger partial charge >= 0.3 is 0 Å². The van der Waals surface area contributed by atoms with Crippen LogP contribution in [0.4, 0.5) is 0 Å². The van der Waals surface area contributed by atoms with E-state index in [1.807, 2.05) is 0 Å². The molecule has 0 spiro atoms. The van der Waals surface area contributed by atoms with Crippen molar-refractivity contribution >= 4 is 17.6 Å². The lowest BCUT2D eigenvalue weighted by Gasteiger charge is -2.14. The summed E-state index contributed by atoms with van der Waals surface area (Å²) in [5, 5.41) is 13.3. The van der Waals surface area contributed by atoms with Crippen LogP contribution in [0.15, 0.2) is 23.4 Å². The molecule has 1 heterocycles. The van der Waals surface area contributed by atoms with E-state index in [-0.39, 0.29) is 12.5 Å². The van der Waals surface area contributed by atoms with Crippen LogP contribution in [0.2, 0.25) is 5.15 Å². The first-order valence-electron chi connectivity index (χ1n) is 4.10. The topological polar surface area (TPSA) is 124 Å². The van der Waals surface area contributed by atoms with Gasteiger partial charge in [-0.25, -0.2) is 20.9 Å². The fraction of sp³-hybridized carbons (Fsp3) is 0.143. The number of hydrazine groups is 1. The van der Waals surface area contributed by atoms with Gasteiger partial charge in [-0.2, -0.15) is 0 Å². The van der Waals surface area contributed by atoms with Crippen LogP contribution in [0, 0.1) is 10.1 Å². The summed E-state index contributed by atoms with van der Waals surface area (Å²) in [6.45, 7) is 0.146. The molecule has 1 aromatic rings. The Labute approximate surface area is 95.6 Å². The zero-order valence-corrected chi connectivity index (χ0v) is 8.83. The van der Waals surface area contributed by atoms with E-state index in [1.165, 1.54) is 6.20 Å². The van der Waals surface area contributed by atoms with E-state index in [2.05, 4.69) is 10.1 Å². The molecule has 0 atom stereocenters. The third-order valence-electron chi connectivity index (χ3n) is 1.62. The van der Waals surface area contributed by atoms with Crippen LogP contribution in [0.5, 0.6) is 0 Å². The number of guanidine groups is 1. The smallest absolute Gasteiger partial charge is 0.283 e. The Morgan fingerprint density at radius 2 is 2.38 bits per heavy atom. The number of pyridine rings is 1. The summed E-state index contributed by atoms with van der Waals surface area (Å²) in [6, 6.07) is 3.25. The van der Waals surface area contributed by atoms with Gasteiger partial charge in [0.25, 0.3) is 5.96 Å². The predicted octanol–water partition coefficient (Wildman–Crippen LogP) is -0.0829. The van der Waals surface area contributed by atoms with Crippen molar-refractivity contribution in [2.24, 2.45) is 16.7 Å². The Morgan fingerprint density at radius 1 is 1.69 bits per heavy atom. The monoisotopic (exact) mass is 244 g/mol. The highest BCUT2D eigenvalue weighted by atomic mass is 35.5. The first kappa shape index (κ1) is 12.1. The van der Waals surface area contributed by atoms with Crippen molar-refractivity contribution < 1.29 is 5.03 Å². The Kier molecular flexibility index (Phi) is 3.97. The maximum atomic E-state index is 10.0. The largest absolute Gasteiger partial charge is 0.363 e. The van der Waals surface area contributed by atoms with Gasteiger partial charge in [0.05, 0.1) is 6.54 Å². The summed E-state index contributed by atoms with van der Waals surface area (Å²) in [6.07, 6.45) is 1.49. The molecule has 16 heavy (non-hydrogen) atoms. The number of nitrogens with zero attached hydrogens (tertiary/aromatic N) is 4. The summed E-state index contributed by atoms with van der Waals surface area (Å²) in [5.41, 5.74) is 5.96. The minimum atomic E-state index is -0.921. The molecular formula is C7H9ClN6O2. The quantitative estimate of drug-likeness (QED) is 0.191. The lowest BCUT2D eigenvalue weighted by Crippen LogP contribution is -2.42. The number of halogens is 1. The molecule has 9 heteroatoms. The van der Waals surface area contributed by atoms with Crippen molar-refractivity contribution in [2.45, 2.75) is 6.54 Å². The van der Waals surface area contributed by atoms with Gasteiger partial charge in [0, 0.05) is 6.20 Å². The molecule has 0 aliphatic carbocycles. The van der Waals surface area contributed by atoms with E-state index in [1.54, 1.807) is 12.1 Å². The number of hydrogen-bond acceptors (Lipinski definition) is 4. The Morgan fingerprint density at radius 3 is 2.88 bits per heavy atom. The zero-order valence-electron chi connectivity index (χ0n) is 8.08. The molecule has 1 rings (SSSR count). The zero-order chi connectivity index (χ0) is 12.1. The molecule has 0 amide bonds. The summed E-state index contributed by atoms with van der Waals surface area (Å²) >= 11 is 5.59. The van der Waals surface area contributed by atoms with Gasteiger partial charge in [0.15, 0.2) is 5.03 Å². The molecule has 1 aromatic heterocycles. The highest BCUT2D eigenvalue weighted by molar-refractivity contribution is 6.29. The minimum Gasteiger partial charge on any atom is -0.363 e. The summed E-state index contributed by atoms with van der Waals surface area (Å²) < 4.78 is 0. The number of hydrogen-bond donors (Lipinski definition) is 2. The number of hydrazone groups is 1. The van der Waals surface area contributed by atoms with Crippen LogP contribution in [0.1, 0.15) is 5.56 Å². The molecule has 0 aliphatic heterocycles. The van der Waals surface area contributed by atoms with Gasteiger partial charge in [0.1, 0.15) is 10.3 Å². The molecule has 0 aliphatic rings. The summed E-state index contributed by atoms with van der Waals surface area (Å²) in [5.74, 6) is 5.06. The Balaban J connectivity index is 2.67. The number of nitrogens with two attached hydrogens (primary N) is 2. The Bertz CT molecular complexity index is 406. The maximum Gasteiger partial charge on any atom is 0.283 e. The fourth-order valence-electron chi connectivity index (χ4n) is 0.919. The first-order valence-corrected chi connectivity index (χ1v) is 4.48. The fourth-order valence-corrected chi connectivity index (χ4v) is 1.03. The third kappa shape index (κ3) is 3.67. The second-order valence-corrected chi connectivity index (χ2v) is 3.20. The molecule has 0 bridgehead atoms. The van der Waals surface area contributed by atoms with Crippen LogP contribution in [0.25, 0.3) is 0 Å². The van der Waals surface area contributed by atoms with Gasteiger partial charge < -0.3 is 5.73 Å². The normalized spacial score (nSPS) is 11.2. The van der Waals surface area contributed by atoms with Crippen LogP contribution < -0.4 is 11.6 Å². The van der Waals surface area contributed by atoms with Crippen LogP contribution in [0.3, 0.4) is 0 Å². The second-order valence-electron chi connectivity index (χ2n) is 2.81. The van der Waals surface area contributed by atoms with Crippen molar-refractivity contribution in [3.05, 3.63) is 39.2 Å². The van der Waals surface area contributed by atoms with E-state index in [0.717, 1.165) is 5.01 Å². The molecule has 0 unspecified atom stereocenters.